The molecule has 1 unspecified atom stereocenters. The van der Waals surface area contributed by atoms with Gasteiger partial charge in [-0.25, -0.2) is 8.42 Å². The second kappa shape index (κ2) is 8.06. The topological polar surface area (TPSA) is 66.4 Å². The number of nitrogens with one attached hydrogen (secondary N) is 1. The molecule has 0 amide bonds. The third-order valence-electron chi connectivity index (χ3n) is 2.39. The number of aliphatic hydroxyl groups excluding tert-OH is 1. The minimum atomic E-state index is -3.12. The fraction of sp³-hybridized carbons (Fsp3) is 1.00. The molecule has 1 atom stereocenters. The summed E-state index contributed by atoms with van der Waals surface area (Å²) in [6, 6.07) is 0. The van der Waals surface area contributed by atoms with E-state index in [9.17, 15) is 13.5 Å². The predicted octanol–water partition coefficient (Wildman–Crippen LogP) is 1.05. The van der Waals surface area contributed by atoms with Gasteiger partial charge in [0.05, 0.1) is 17.6 Å². The summed E-state index contributed by atoms with van der Waals surface area (Å²) in [5, 5.41) is 12.7. The van der Waals surface area contributed by atoms with E-state index in [1.165, 1.54) is 0 Å². The lowest BCUT2D eigenvalue weighted by Gasteiger charge is -2.14. The van der Waals surface area contributed by atoms with E-state index >= 15 is 0 Å². The number of sulfone groups is 1. The highest BCUT2D eigenvalue weighted by Gasteiger charge is 2.17. The Kier molecular flexibility index (Phi) is 8.00. The van der Waals surface area contributed by atoms with Crippen LogP contribution in [0.25, 0.3) is 0 Å². The van der Waals surface area contributed by atoms with E-state index in [0.717, 1.165) is 6.54 Å². The first-order valence-electron chi connectivity index (χ1n) is 6.32. The van der Waals surface area contributed by atoms with Crippen LogP contribution in [0.3, 0.4) is 0 Å². The molecule has 0 spiro atoms. The van der Waals surface area contributed by atoms with Gasteiger partial charge in [-0.2, -0.15) is 0 Å². The molecular formula is C12H27NO3S. The average Bonchev–Trinajstić information content (AvgIpc) is 2.13. The maximum Gasteiger partial charge on any atom is 0.152 e. The van der Waals surface area contributed by atoms with Crippen LogP contribution in [0.5, 0.6) is 0 Å². The SMILES string of the molecule is CC(C)CCS(=O)(=O)CC(O)CNCC(C)C. The number of aliphatic hydroxyl groups is 1. The highest BCUT2D eigenvalue weighted by atomic mass is 32.2. The zero-order chi connectivity index (χ0) is 13.5. The molecule has 17 heavy (non-hydrogen) atoms. The fourth-order valence-electron chi connectivity index (χ4n) is 1.39. The maximum atomic E-state index is 11.7. The van der Waals surface area contributed by atoms with Gasteiger partial charge in [0, 0.05) is 6.54 Å². The molecule has 0 aliphatic heterocycles. The van der Waals surface area contributed by atoms with Crippen LogP contribution in [0.1, 0.15) is 34.1 Å². The van der Waals surface area contributed by atoms with Crippen LogP contribution < -0.4 is 5.32 Å². The first-order chi connectivity index (χ1) is 7.73. The quantitative estimate of drug-likeness (QED) is 0.654. The van der Waals surface area contributed by atoms with Crippen LogP contribution in [0.2, 0.25) is 0 Å². The molecule has 0 heterocycles. The van der Waals surface area contributed by atoms with Crippen molar-refractivity contribution in [2.75, 3.05) is 24.6 Å². The fourth-order valence-corrected chi connectivity index (χ4v) is 3.09. The molecule has 0 aromatic heterocycles. The summed E-state index contributed by atoms with van der Waals surface area (Å²) in [4.78, 5) is 0. The van der Waals surface area contributed by atoms with E-state index in [1.807, 2.05) is 13.8 Å². The highest BCUT2D eigenvalue weighted by molar-refractivity contribution is 7.91. The monoisotopic (exact) mass is 265 g/mol. The minimum Gasteiger partial charge on any atom is -0.391 e. The van der Waals surface area contributed by atoms with Crippen molar-refractivity contribution in [1.29, 1.82) is 0 Å². The summed E-state index contributed by atoms with van der Waals surface area (Å²) in [5.41, 5.74) is 0. The van der Waals surface area contributed by atoms with Crippen molar-refractivity contribution in [1.82, 2.24) is 5.32 Å². The molecule has 104 valence electrons. The normalized spacial score (nSPS) is 14.5. The van der Waals surface area contributed by atoms with E-state index in [0.29, 0.717) is 24.8 Å². The van der Waals surface area contributed by atoms with Crippen LogP contribution in [0.4, 0.5) is 0 Å². The van der Waals surface area contributed by atoms with Gasteiger partial charge in [-0.3, -0.25) is 0 Å². The van der Waals surface area contributed by atoms with Gasteiger partial charge in [0.2, 0.25) is 0 Å². The van der Waals surface area contributed by atoms with Gasteiger partial charge in [0.25, 0.3) is 0 Å². The van der Waals surface area contributed by atoms with E-state index in [4.69, 9.17) is 0 Å². The maximum absolute atomic E-state index is 11.7. The number of hydrogen-bond donors (Lipinski definition) is 2. The van der Waals surface area contributed by atoms with Gasteiger partial charge in [-0.15, -0.1) is 0 Å². The molecule has 0 aliphatic rings. The Morgan fingerprint density at radius 1 is 1.06 bits per heavy atom. The van der Waals surface area contributed by atoms with Gasteiger partial charge in [-0.05, 0) is 24.8 Å². The molecule has 0 aromatic rings. The summed E-state index contributed by atoms with van der Waals surface area (Å²) in [6.45, 7) is 9.27. The zero-order valence-corrected chi connectivity index (χ0v) is 12.3. The summed E-state index contributed by atoms with van der Waals surface area (Å²) in [7, 11) is -3.12. The van der Waals surface area contributed by atoms with Crippen molar-refractivity contribution in [3.63, 3.8) is 0 Å². The Bertz CT molecular complexity index is 286. The summed E-state index contributed by atoms with van der Waals surface area (Å²) < 4.78 is 23.3. The van der Waals surface area contributed by atoms with Crippen molar-refractivity contribution in [3.8, 4) is 0 Å². The Morgan fingerprint density at radius 2 is 1.65 bits per heavy atom. The molecule has 0 aliphatic carbocycles. The Hall–Kier alpha value is -0.130. The number of rotatable bonds is 9. The first-order valence-corrected chi connectivity index (χ1v) is 8.14. The molecule has 0 aromatic carbocycles. The third kappa shape index (κ3) is 10.7. The standard InChI is InChI=1S/C12H27NO3S/c1-10(2)5-6-17(15,16)9-12(14)8-13-7-11(3)4/h10-14H,5-9H2,1-4H3. The van der Waals surface area contributed by atoms with Crippen LogP contribution >= 0.6 is 0 Å². The van der Waals surface area contributed by atoms with Crippen LogP contribution in [0, 0.1) is 11.8 Å². The molecule has 0 saturated heterocycles. The number of hydrogen-bond acceptors (Lipinski definition) is 4. The molecular weight excluding hydrogens is 238 g/mol. The second-order valence-electron chi connectivity index (χ2n) is 5.50. The lowest BCUT2D eigenvalue weighted by Crippen LogP contribution is -2.35. The minimum absolute atomic E-state index is 0.134. The Morgan fingerprint density at radius 3 is 2.12 bits per heavy atom. The Balaban J connectivity index is 3.88. The summed E-state index contributed by atoms with van der Waals surface area (Å²) >= 11 is 0. The molecule has 0 bridgehead atoms. The van der Waals surface area contributed by atoms with Crippen molar-refractivity contribution in [3.05, 3.63) is 0 Å². The first kappa shape index (κ1) is 16.9. The summed E-state index contributed by atoms with van der Waals surface area (Å²) in [6.07, 6.45) is -0.139. The van der Waals surface area contributed by atoms with E-state index in [1.54, 1.807) is 0 Å². The van der Waals surface area contributed by atoms with Crippen LogP contribution in [-0.2, 0) is 9.84 Å². The molecule has 2 N–H and O–H groups in total. The molecule has 0 rings (SSSR count). The van der Waals surface area contributed by atoms with Crippen molar-refractivity contribution in [2.45, 2.75) is 40.2 Å². The predicted molar refractivity (Wildman–Crippen MR) is 71.8 cm³/mol. The van der Waals surface area contributed by atoms with Gasteiger partial charge in [0.15, 0.2) is 9.84 Å². The van der Waals surface area contributed by atoms with Crippen LogP contribution in [0.15, 0.2) is 0 Å². The van der Waals surface area contributed by atoms with E-state index in [-0.39, 0.29) is 11.5 Å². The van der Waals surface area contributed by atoms with E-state index in [2.05, 4.69) is 19.2 Å². The third-order valence-corrected chi connectivity index (χ3v) is 4.14. The molecule has 0 radical (unpaired) electrons. The molecule has 5 heteroatoms. The molecule has 4 nitrogen and oxygen atoms in total. The van der Waals surface area contributed by atoms with Gasteiger partial charge >= 0.3 is 0 Å². The van der Waals surface area contributed by atoms with Gasteiger partial charge in [0.1, 0.15) is 0 Å². The smallest absolute Gasteiger partial charge is 0.152 e. The molecule has 0 fully saturated rings. The van der Waals surface area contributed by atoms with E-state index < -0.39 is 15.9 Å². The molecule has 0 saturated carbocycles. The lowest BCUT2D eigenvalue weighted by molar-refractivity contribution is 0.192. The summed E-state index contributed by atoms with van der Waals surface area (Å²) in [5.74, 6) is 0.914. The average molecular weight is 265 g/mol. The second-order valence-corrected chi connectivity index (χ2v) is 7.73. The lowest BCUT2D eigenvalue weighted by atomic mass is 10.2. The van der Waals surface area contributed by atoms with Gasteiger partial charge in [-0.1, -0.05) is 27.7 Å². The van der Waals surface area contributed by atoms with Crippen LogP contribution in [-0.4, -0.2) is 44.2 Å². The van der Waals surface area contributed by atoms with Crippen molar-refractivity contribution >= 4 is 9.84 Å². The van der Waals surface area contributed by atoms with Crippen molar-refractivity contribution in [2.24, 2.45) is 11.8 Å². The Labute approximate surface area is 106 Å². The van der Waals surface area contributed by atoms with Crippen molar-refractivity contribution < 1.29 is 13.5 Å². The highest BCUT2D eigenvalue weighted by Crippen LogP contribution is 2.04. The largest absolute Gasteiger partial charge is 0.391 e. The zero-order valence-electron chi connectivity index (χ0n) is 11.4. The van der Waals surface area contributed by atoms with Gasteiger partial charge < -0.3 is 10.4 Å².